The van der Waals surface area contributed by atoms with Gasteiger partial charge in [0.15, 0.2) is 11.6 Å². The number of hydrogen-bond donors (Lipinski definition) is 0. The van der Waals surface area contributed by atoms with Crippen molar-refractivity contribution in [2.45, 2.75) is 6.42 Å². The number of ketones is 1. The lowest BCUT2D eigenvalue weighted by Crippen LogP contribution is -2.11. The third-order valence-electron chi connectivity index (χ3n) is 2.26. The van der Waals surface area contributed by atoms with Gasteiger partial charge in [-0.05, 0) is 12.1 Å². The van der Waals surface area contributed by atoms with Crippen LogP contribution < -0.4 is 0 Å². The van der Waals surface area contributed by atoms with E-state index < -0.39 is 5.82 Å². The van der Waals surface area contributed by atoms with E-state index in [1.54, 1.807) is 24.0 Å². The van der Waals surface area contributed by atoms with Crippen LogP contribution in [-0.2, 0) is 13.5 Å². The molecule has 0 aliphatic carbocycles. The van der Waals surface area contributed by atoms with Crippen LogP contribution in [0.1, 0.15) is 16.3 Å². The average molecular weight is 219 g/mol. The van der Waals surface area contributed by atoms with Gasteiger partial charge in [-0.2, -0.15) is 0 Å². The summed E-state index contributed by atoms with van der Waals surface area (Å²) >= 11 is 0. The number of halogens is 1. The summed E-state index contributed by atoms with van der Waals surface area (Å²) in [7, 11) is 1.78. The van der Waals surface area contributed by atoms with E-state index >= 15 is 0 Å². The first-order valence-corrected chi connectivity index (χ1v) is 4.78. The smallest absolute Gasteiger partial charge is 0.191 e. The Bertz CT molecular complexity index is 521. The maximum Gasteiger partial charge on any atom is 0.191 e. The Morgan fingerprint density at radius 2 is 2.25 bits per heavy atom. The first-order chi connectivity index (χ1) is 7.68. The summed E-state index contributed by atoms with van der Waals surface area (Å²) < 4.78 is 15.0. The van der Waals surface area contributed by atoms with Gasteiger partial charge >= 0.3 is 0 Å². The highest BCUT2D eigenvalue weighted by atomic mass is 19.1. The van der Waals surface area contributed by atoms with E-state index in [9.17, 15) is 9.18 Å². The Kier molecular flexibility index (Phi) is 2.76. The molecule has 0 aliphatic rings. The molecule has 2 rings (SSSR count). The zero-order valence-corrected chi connectivity index (χ0v) is 8.72. The van der Waals surface area contributed by atoms with Crippen molar-refractivity contribution in [2.75, 3.05) is 0 Å². The zero-order chi connectivity index (χ0) is 11.5. The van der Waals surface area contributed by atoms with Crippen LogP contribution in [0.15, 0.2) is 30.7 Å². The minimum atomic E-state index is -0.596. The van der Waals surface area contributed by atoms with Gasteiger partial charge in [0, 0.05) is 25.6 Å². The number of hydrogen-bond acceptors (Lipinski definition) is 3. The highest BCUT2D eigenvalue weighted by Crippen LogP contribution is 2.07. The molecule has 0 amide bonds. The molecule has 16 heavy (non-hydrogen) atoms. The van der Waals surface area contributed by atoms with E-state index in [1.807, 2.05) is 0 Å². The SMILES string of the molecule is Cn1ccnc1CC(=O)c1ncccc1F. The van der Waals surface area contributed by atoms with E-state index in [0.717, 1.165) is 0 Å². The minimum absolute atomic E-state index is 0.0530. The Hall–Kier alpha value is -2.04. The van der Waals surface area contributed by atoms with Crippen molar-refractivity contribution in [2.24, 2.45) is 7.05 Å². The fourth-order valence-corrected chi connectivity index (χ4v) is 1.39. The summed E-state index contributed by atoms with van der Waals surface area (Å²) in [6.07, 6.45) is 4.78. The second-order valence-corrected chi connectivity index (χ2v) is 3.39. The highest BCUT2D eigenvalue weighted by Gasteiger charge is 2.15. The second kappa shape index (κ2) is 4.22. The third-order valence-corrected chi connectivity index (χ3v) is 2.26. The van der Waals surface area contributed by atoms with Gasteiger partial charge in [-0.25, -0.2) is 9.37 Å². The molecule has 2 aromatic rings. The van der Waals surface area contributed by atoms with Crippen molar-refractivity contribution >= 4 is 5.78 Å². The first-order valence-electron chi connectivity index (χ1n) is 4.78. The van der Waals surface area contributed by atoms with Gasteiger partial charge in [-0.15, -0.1) is 0 Å². The van der Waals surface area contributed by atoms with Gasteiger partial charge < -0.3 is 4.57 Å². The number of aryl methyl sites for hydroxylation is 1. The Morgan fingerprint density at radius 3 is 2.88 bits per heavy atom. The molecule has 2 heterocycles. The number of rotatable bonds is 3. The number of pyridine rings is 1. The van der Waals surface area contributed by atoms with E-state index in [-0.39, 0.29) is 17.9 Å². The monoisotopic (exact) mass is 219 g/mol. The lowest BCUT2D eigenvalue weighted by molar-refractivity contribution is 0.0981. The van der Waals surface area contributed by atoms with Crippen LogP contribution in [0.5, 0.6) is 0 Å². The molecule has 5 heteroatoms. The summed E-state index contributed by atoms with van der Waals surface area (Å²) in [5.41, 5.74) is -0.134. The van der Waals surface area contributed by atoms with E-state index in [4.69, 9.17) is 0 Å². The van der Waals surface area contributed by atoms with Crippen molar-refractivity contribution in [1.82, 2.24) is 14.5 Å². The molecule has 82 valence electrons. The molecule has 0 spiro atoms. The fraction of sp³-hybridized carbons (Fsp3) is 0.182. The highest BCUT2D eigenvalue weighted by molar-refractivity contribution is 5.95. The fourth-order valence-electron chi connectivity index (χ4n) is 1.39. The number of carbonyl (C=O) groups excluding carboxylic acids is 1. The summed E-state index contributed by atoms with van der Waals surface area (Å²) in [4.78, 5) is 19.5. The third kappa shape index (κ3) is 1.98. The molecule has 0 unspecified atom stereocenters. The summed E-state index contributed by atoms with van der Waals surface area (Å²) in [6, 6.07) is 2.67. The lowest BCUT2D eigenvalue weighted by Gasteiger charge is -2.01. The Balaban J connectivity index is 2.22. The van der Waals surface area contributed by atoms with Crippen LogP contribution in [0.2, 0.25) is 0 Å². The number of nitrogens with zero attached hydrogens (tertiary/aromatic N) is 3. The standard InChI is InChI=1S/C11H10FN3O/c1-15-6-5-13-10(15)7-9(16)11-8(12)3-2-4-14-11/h2-6H,7H2,1H3. The van der Waals surface area contributed by atoms with Crippen molar-refractivity contribution in [3.05, 3.63) is 48.1 Å². The first kappa shape index (κ1) is 10.5. The van der Waals surface area contributed by atoms with Crippen LogP contribution in [-0.4, -0.2) is 20.3 Å². The zero-order valence-electron chi connectivity index (χ0n) is 8.72. The number of carbonyl (C=O) groups is 1. The maximum atomic E-state index is 13.3. The molecule has 0 aliphatic heterocycles. The molecular formula is C11H10FN3O. The molecule has 0 fully saturated rings. The van der Waals surface area contributed by atoms with Crippen molar-refractivity contribution in [3.8, 4) is 0 Å². The average Bonchev–Trinajstić information content (AvgIpc) is 2.65. The van der Waals surface area contributed by atoms with Crippen molar-refractivity contribution < 1.29 is 9.18 Å². The lowest BCUT2D eigenvalue weighted by atomic mass is 10.2. The van der Waals surface area contributed by atoms with Gasteiger partial charge in [0.05, 0.1) is 6.42 Å². The molecule has 0 N–H and O–H groups in total. The van der Waals surface area contributed by atoms with Gasteiger partial charge in [-0.1, -0.05) is 0 Å². The van der Waals surface area contributed by atoms with Crippen molar-refractivity contribution in [3.63, 3.8) is 0 Å². The molecule has 0 saturated carbocycles. The molecule has 0 atom stereocenters. The molecule has 0 saturated heterocycles. The normalized spacial score (nSPS) is 10.4. The summed E-state index contributed by atoms with van der Waals surface area (Å²) in [5, 5.41) is 0. The predicted octanol–water partition coefficient (Wildman–Crippen LogP) is 1.38. The molecule has 4 nitrogen and oxygen atoms in total. The van der Waals surface area contributed by atoms with Gasteiger partial charge in [0.25, 0.3) is 0 Å². The van der Waals surface area contributed by atoms with Crippen molar-refractivity contribution in [1.29, 1.82) is 0 Å². The van der Waals surface area contributed by atoms with Crippen LogP contribution in [0.25, 0.3) is 0 Å². The van der Waals surface area contributed by atoms with Crippen LogP contribution in [0, 0.1) is 5.82 Å². The summed E-state index contributed by atoms with van der Waals surface area (Å²) in [5.74, 6) is -0.371. The van der Waals surface area contributed by atoms with Gasteiger partial charge in [-0.3, -0.25) is 9.78 Å². The minimum Gasteiger partial charge on any atom is -0.338 e. The Labute approximate surface area is 91.8 Å². The molecular weight excluding hydrogens is 209 g/mol. The summed E-state index contributed by atoms with van der Waals surface area (Å²) in [6.45, 7) is 0. The van der Waals surface area contributed by atoms with Crippen LogP contribution in [0.4, 0.5) is 4.39 Å². The van der Waals surface area contributed by atoms with E-state index in [1.165, 1.54) is 18.3 Å². The molecule has 0 radical (unpaired) electrons. The second-order valence-electron chi connectivity index (χ2n) is 3.39. The molecule has 0 bridgehead atoms. The van der Waals surface area contributed by atoms with Crippen LogP contribution >= 0.6 is 0 Å². The number of Topliss-reactive ketones (excluding diaryl/α,β-unsaturated/α-hetero) is 1. The van der Waals surface area contributed by atoms with Gasteiger partial charge in [0.1, 0.15) is 11.5 Å². The molecule has 0 aromatic carbocycles. The van der Waals surface area contributed by atoms with E-state index in [2.05, 4.69) is 9.97 Å². The quantitative estimate of drug-likeness (QED) is 0.733. The predicted molar refractivity (Wildman–Crippen MR) is 55.4 cm³/mol. The molecule has 2 aromatic heterocycles. The Morgan fingerprint density at radius 1 is 1.44 bits per heavy atom. The van der Waals surface area contributed by atoms with Crippen LogP contribution in [0.3, 0.4) is 0 Å². The van der Waals surface area contributed by atoms with Gasteiger partial charge in [0.2, 0.25) is 0 Å². The number of imidazole rings is 1. The topological polar surface area (TPSA) is 47.8 Å². The maximum absolute atomic E-state index is 13.3. The van der Waals surface area contributed by atoms with E-state index in [0.29, 0.717) is 5.82 Å². The number of aromatic nitrogens is 3. The largest absolute Gasteiger partial charge is 0.338 e.